The Kier molecular flexibility index (Phi) is 8.29. The lowest BCUT2D eigenvalue weighted by molar-refractivity contribution is -0.0732. The summed E-state index contributed by atoms with van der Waals surface area (Å²) in [5.74, 6) is 0.284. The minimum Gasteiger partial charge on any atom is -0.494 e. The molecule has 1 heterocycles. The molecule has 1 aliphatic heterocycles. The lowest BCUT2D eigenvalue weighted by Crippen LogP contribution is -2.59. The maximum absolute atomic E-state index is 12.7. The molecule has 0 radical (unpaired) electrons. The van der Waals surface area contributed by atoms with Gasteiger partial charge in [0.2, 0.25) is 12.3 Å². The Morgan fingerprint density at radius 1 is 1.09 bits per heavy atom. The summed E-state index contributed by atoms with van der Waals surface area (Å²) in [5.41, 5.74) is 1.50. The lowest BCUT2D eigenvalue weighted by atomic mass is 10.1. The number of carbonyl (C=O) groups excluding carboxylic acids is 1. The number of anilines is 1. The molecule has 0 bridgehead atoms. The lowest BCUT2D eigenvalue weighted by Gasteiger charge is -2.41. The summed E-state index contributed by atoms with van der Waals surface area (Å²) < 4.78 is 5.45. The van der Waals surface area contributed by atoms with Crippen LogP contribution in [0.5, 0.6) is 5.75 Å². The van der Waals surface area contributed by atoms with Crippen LogP contribution in [-0.2, 0) is 6.54 Å². The Balaban J connectivity index is 1.87. The highest BCUT2D eigenvalue weighted by molar-refractivity contribution is 6.30. The standard InChI is InChI=1S/C22H27ClN4O5/c1-2-32-19-9-7-18(8-10-19)24-20-25-21(30)27(12-16(13-28)14-29)22(31)26(20)11-15-3-5-17(23)6-4-15/h3-10,16,22,28-29,31H,2,11-14H2,1H3,(H,24,25,30). The van der Waals surface area contributed by atoms with Crippen LogP contribution in [-0.4, -0.2) is 69.8 Å². The summed E-state index contributed by atoms with van der Waals surface area (Å²) in [6, 6.07) is 13.6. The third-order valence-electron chi connectivity index (χ3n) is 4.94. The van der Waals surface area contributed by atoms with E-state index in [2.05, 4.69) is 10.3 Å². The number of guanidine groups is 1. The number of halogens is 1. The zero-order valence-corrected chi connectivity index (χ0v) is 18.4. The first-order chi connectivity index (χ1) is 15.4. The van der Waals surface area contributed by atoms with Crippen LogP contribution >= 0.6 is 11.6 Å². The van der Waals surface area contributed by atoms with Gasteiger partial charge in [0.15, 0.2) is 0 Å². The molecule has 2 aromatic carbocycles. The van der Waals surface area contributed by atoms with Crippen LogP contribution in [0.3, 0.4) is 0 Å². The summed E-state index contributed by atoms with van der Waals surface area (Å²) in [7, 11) is 0. The van der Waals surface area contributed by atoms with Gasteiger partial charge in [-0.05, 0) is 48.9 Å². The van der Waals surface area contributed by atoms with Crippen LogP contribution in [0, 0.1) is 5.92 Å². The summed E-state index contributed by atoms with van der Waals surface area (Å²) in [4.78, 5) is 19.4. The Morgan fingerprint density at radius 2 is 1.75 bits per heavy atom. The normalized spacial score (nSPS) is 16.4. The number of urea groups is 1. The average molecular weight is 463 g/mol. The van der Waals surface area contributed by atoms with Gasteiger partial charge < -0.3 is 25.4 Å². The van der Waals surface area contributed by atoms with Crippen molar-refractivity contribution in [1.29, 1.82) is 0 Å². The number of benzene rings is 2. The van der Waals surface area contributed by atoms with Gasteiger partial charge >= 0.3 is 6.03 Å². The maximum Gasteiger partial charge on any atom is 0.350 e. The summed E-state index contributed by atoms with van der Waals surface area (Å²) in [6.45, 7) is 1.97. The van der Waals surface area contributed by atoms with Gasteiger partial charge in [0.05, 0.1) is 13.2 Å². The van der Waals surface area contributed by atoms with E-state index in [-0.39, 0.29) is 32.3 Å². The second-order valence-corrected chi connectivity index (χ2v) is 7.72. The van der Waals surface area contributed by atoms with E-state index in [1.807, 2.05) is 19.1 Å². The molecule has 1 aliphatic rings. The fraction of sp³-hybridized carbons (Fsp3) is 0.364. The van der Waals surface area contributed by atoms with Crippen LogP contribution in [0.25, 0.3) is 0 Å². The van der Waals surface area contributed by atoms with Crippen molar-refractivity contribution in [1.82, 2.24) is 9.80 Å². The molecule has 0 fully saturated rings. The second kappa shape index (κ2) is 11.1. The molecule has 4 N–H and O–H groups in total. The summed E-state index contributed by atoms with van der Waals surface area (Å²) >= 11 is 5.98. The van der Waals surface area contributed by atoms with Crippen molar-refractivity contribution in [3.8, 4) is 5.75 Å². The predicted octanol–water partition coefficient (Wildman–Crippen LogP) is 2.32. The SMILES string of the molecule is CCOc1ccc(NC2=NC(=O)N(CC(CO)CO)C(O)N2Cc2ccc(Cl)cc2)cc1. The minimum absolute atomic E-state index is 0.0516. The summed E-state index contributed by atoms with van der Waals surface area (Å²) in [5, 5.41) is 33.5. The van der Waals surface area contributed by atoms with Crippen molar-refractivity contribution in [2.45, 2.75) is 19.8 Å². The van der Waals surface area contributed by atoms with Gasteiger partial charge in [0.25, 0.3) is 0 Å². The highest BCUT2D eigenvalue weighted by Crippen LogP contribution is 2.22. The number of hydrogen-bond donors (Lipinski definition) is 4. The molecule has 1 unspecified atom stereocenters. The van der Waals surface area contributed by atoms with Crippen LogP contribution in [0.2, 0.25) is 5.02 Å². The molecule has 0 spiro atoms. The number of aliphatic hydroxyl groups excluding tert-OH is 3. The van der Waals surface area contributed by atoms with Gasteiger partial charge in [0, 0.05) is 36.4 Å². The van der Waals surface area contributed by atoms with Crippen molar-refractivity contribution < 1.29 is 24.9 Å². The molecular weight excluding hydrogens is 436 g/mol. The van der Waals surface area contributed by atoms with Crippen LogP contribution in [0.4, 0.5) is 10.5 Å². The molecule has 32 heavy (non-hydrogen) atoms. The first kappa shape index (κ1) is 23.8. The van der Waals surface area contributed by atoms with E-state index < -0.39 is 18.3 Å². The Hall–Kier alpha value is -2.85. The van der Waals surface area contributed by atoms with E-state index in [1.54, 1.807) is 36.4 Å². The van der Waals surface area contributed by atoms with Gasteiger partial charge in [-0.25, -0.2) is 4.79 Å². The molecule has 9 nitrogen and oxygen atoms in total. The first-order valence-corrected chi connectivity index (χ1v) is 10.6. The van der Waals surface area contributed by atoms with Gasteiger partial charge in [0.1, 0.15) is 5.75 Å². The Morgan fingerprint density at radius 3 is 2.34 bits per heavy atom. The topological polar surface area (TPSA) is 118 Å². The smallest absolute Gasteiger partial charge is 0.350 e. The van der Waals surface area contributed by atoms with E-state index in [4.69, 9.17) is 16.3 Å². The van der Waals surface area contributed by atoms with Gasteiger partial charge in [-0.1, -0.05) is 23.7 Å². The van der Waals surface area contributed by atoms with E-state index in [0.717, 1.165) is 10.5 Å². The quantitative estimate of drug-likeness (QED) is 0.451. The number of aliphatic hydroxyl groups is 3. The van der Waals surface area contributed by atoms with Gasteiger partial charge in [-0.3, -0.25) is 9.80 Å². The third-order valence-corrected chi connectivity index (χ3v) is 5.19. The molecule has 0 aromatic heterocycles. The van der Waals surface area contributed by atoms with Crippen molar-refractivity contribution in [2.75, 3.05) is 31.7 Å². The van der Waals surface area contributed by atoms with Gasteiger partial charge in [-0.2, -0.15) is 4.99 Å². The molecule has 172 valence electrons. The second-order valence-electron chi connectivity index (χ2n) is 7.28. The average Bonchev–Trinajstić information content (AvgIpc) is 2.79. The van der Waals surface area contributed by atoms with Crippen LogP contribution < -0.4 is 10.1 Å². The highest BCUT2D eigenvalue weighted by atomic mass is 35.5. The Bertz CT molecular complexity index is 919. The molecule has 1 atom stereocenters. The molecule has 2 aromatic rings. The fourth-order valence-electron chi connectivity index (χ4n) is 3.19. The third kappa shape index (κ3) is 5.89. The number of rotatable bonds is 9. The number of amides is 2. The molecule has 0 aliphatic carbocycles. The van der Waals surface area contributed by atoms with Crippen LogP contribution in [0.15, 0.2) is 53.5 Å². The zero-order valence-electron chi connectivity index (χ0n) is 17.7. The van der Waals surface area contributed by atoms with E-state index in [9.17, 15) is 20.1 Å². The predicted molar refractivity (Wildman–Crippen MR) is 121 cm³/mol. The molecular formula is C22H27ClN4O5. The number of hydrogen-bond acceptors (Lipinski definition) is 7. The largest absolute Gasteiger partial charge is 0.494 e. The number of nitrogens with zero attached hydrogens (tertiary/aromatic N) is 3. The van der Waals surface area contributed by atoms with E-state index in [1.165, 1.54) is 4.90 Å². The molecule has 0 saturated heterocycles. The fourth-order valence-corrected chi connectivity index (χ4v) is 3.32. The number of aliphatic imine (C=N–C) groups is 1. The number of nitrogens with one attached hydrogen (secondary N) is 1. The zero-order chi connectivity index (χ0) is 23.1. The maximum atomic E-state index is 12.7. The van der Waals surface area contributed by atoms with Crippen molar-refractivity contribution >= 4 is 29.3 Å². The molecule has 2 amide bonds. The molecule has 10 heteroatoms. The highest BCUT2D eigenvalue weighted by Gasteiger charge is 2.36. The first-order valence-electron chi connectivity index (χ1n) is 10.2. The van der Waals surface area contributed by atoms with E-state index >= 15 is 0 Å². The van der Waals surface area contributed by atoms with Crippen LogP contribution in [0.1, 0.15) is 12.5 Å². The number of carbonyl (C=O) groups is 1. The monoisotopic (exact) mass is 462 g/mol. The van der Waals surface area contributed by atoms with Crippen molar-refractivity contribution in [3.05, 3.63) is 59.1 Å². The van der Waals surface area contributed by atoms with Crippen molar-refractivity contribution in [3.63, 3.8) is 0 Å². The minimum atomic E-state index is -1.36. The number of ether oxygens (including phenoxy) is 1. The summed E-state index contributed by atoms with van der Waals surface area (Å²) in [6.07, 6.45) is -1.36. The van der Waals surface area contributed by atoms with E-state index in [0.29, 0.717) is 23.1 Å². The molecule has 3 rings (SSSR count). The van der Waals surface area contributed by atoms with Crippen molar-refractivity contribution in [2.24, 2.45) is 10.9 Å². The molecule has 0 saturated carbocycles. The Labute approximate surface area is 191 Å². The van der Waals surface area contributed by atoms with Gasteiger partial charge in [-0.15, -0.1) is 0 Å².